The van der Waals surface area contributed by atoms with Gasteiger partial charge in [0.25, 0.3) is 5.91 Å². The Balaban J connectivity index is 2.07. The Bertz CT molecular complexity index is 668. The van der Waals surface area contributed by atoms with E-state index in [2.05, 4.69) is 25.2 Å². The lowest BCUT2D eigenvalue weighted by atomic mass is 10.0. The summed E-state index contributed by atoms with van der Waals surface area (Å²) in [5.74, 6) is 0.464. The summed E-state index contributed by atoms with van der Waals surface area (Å²) in [7, 11) is 0. The molecule has 19 heavy (non-hydrogen) atoms. The van der Waals surface area contributed by atoms with Crippen molar-refractivity contribution in [3.63, 3.8) is 0 Å². The van der Waals surface area contributed by atoms with Crippen molar-refractivity contribution < 1.29 is 4.79 Å². The van der Waals surface area contributed by atoms with E-state index in [4.69, 9.17) is 0 Å². The van der Waals surface area contributed by atoms with E-state index in [0.29, 0.717) is 28.5 Å². The molecule has 0 bridgehead atoms. The molecule has 3 heterocycles. The molecule has 0 saturated heterocycles. The second kappa shape index (κ2) is 4.31. The summed E-state index contributed by atoms with van der Waals surface area (Å²) >= 11 is 0. The Labute approximate surface area is 109 Å². The maximum absolute atomic E-state index is 12.1. The van der Waals surface area contributed by atoms with Gasteiger partial charge in [-0.05, 0) is 18.1 Å². The maximum Gasteiger partial charge on any atom is 0.284 e. The van der Waals surface area contributed by atoms with Crippen LogP contribution in [0.4, 0.5) is 0 Å². The lowest BCUT2D eigenvalue weighted by Gasteiger charge is -2.09. The second-order valence-electron chi connectivity index (χ2n) is 4.53. The molecule has 0 aliphatic carbocycles. The highest BCUT2D eigenvalue weighted by atomic mass is 16.1. The van der Waals surface area contributed by atoms with Gasteiger partial charge in [-0.25, -0.2) is 4.99 Å². The molecule has 94 valence electrons. The van der Waals surface area contributed by atoms with E-state index in [0.717, 1.165) is 0 Å². The lowest BCUT2D eigenvalue weighted by Crippen LogP contribution is -2.19. The number of aliphatic imine (C=N–C) groups is 2. The van der Waals surface area contributed by atoms with Crippen LogP contribution in [-0.2, 0) is 4.79 Å². The SMILES string of the molecule is CC(C)C1=C2C(=O)N=C(c3cccnc3)N=C2N=N1. The minimum atomic E-state index is -0.336. The molecule has 1 aromatic rings. The molecule has 3 rings (SSSR count). The third-order valence-electron chi connectivity index (χ3n) is 2.83. The van der Waals surface area contributed by atoms with Gasteiger partial charge in [0.15, 0.2) is 11.7 Å². The molecular formula is C13H11N5O. The Morgan fingerprint density at radius 3 is 2.63 bits per heavy atom. The molecule has 0 fully saturated rings. The largest absolute Gasteiger partial charge is 0.284 e. The molecule has 0 saturated carbocycles. The van der Waals surface area contributed by atoms with Crippen molar-refractivity contribution in [3.05, 3.63) is 41.4 Å². The predicted molar refractivity (Wildman–Crippen MR) is 69.9 cm³/mol. The van der Waals surface area contributed by atoms with Crippen LogP contribution in [0.1, 0.15) is 19.4 Å². The van der Waals surface area contributed by atoms with E-state index in [-0.39, 0.29) is 11.8 Å². The molecular weight excluding hydrogens is 242 g/mol. The highest BCUT2D eigenvalue weighted by molar-refractivity contribution is 6.31. The monoisotopic (exact) mass is 253 g/mol. The summed E-state index contributed by atoms with van der Waals surface area (Å²) in [5, 5.41) is 7.99. The Kier molecular flexibility index (Phi) is 2.63. The van der Waals surface area contributed by atoms with Gasteiger partial charge < -0.3 is 0 Å². The summed E-state index contributed by atoms with van der Waals surface area (Å²) in [5.41, 5.74) is 1.76. The van der Waals surface area contributed by atoms with Gasteiger partial charge in [-0.1, -0.05) is 13.8 Å². The summed E-state index contributed by atoms with van der Waals surface area (Å²) in [6.07, 6.45) is 3.26. The van der Waals surface area contributed by atoms with Crippen LogP contribution in [0.25, 0.3) is 0 Å². The van der Waals surface area contributed by atoms with E-state index in [1.807, 2.05) is 13.8 Å². The fourth-order valence-corrected chi connectivity index (χ4v) is 1.90. The highest BCUT2D eigenvalue weighted by Crippen LogP contribution is 2.28. The van der Waals surface area contributed by atoms with Crippen molar-refractivity contribution >= 4 is 17.6 Å². The molecule has 1 aromatic heterocycles. The first kappa shape index (κ1) is 11.6. The molecule has 0 N–H and O–H groups in total. The predicted octanol–water partition coefficient (Wildman–Crippen LogP) is 2.14. The van der Waals surface area contributed by atoms with E-state index in [1.165, 1.54) is 0 Å². The number of fused-ring (bicyclic) bond motifs is 1. The van der Waals surface area contributed by atoms with Gasteiger partial charge in [-0.3, -0.25) is 9.78 Å². The molecule has 0 spiro atoms. The molecule has 0 radical (unpaired) electrons. The van der Waals surface area contributed by atoms with Gasteiger partial charge >= 0.3 is 0 Å². The number of azo groups is 1. The normalized spacial score (nSPS) is 17.7. The van der Waals surface area contributed by atoms with Crippen LogP contribution in [0.3, 0.4) is 0 Å². The standard InChI is InChI=1S/C13H11N5O/c1-7(2)10-9-12(18-17-10)15-11(16-13(9)19)8-4-3-5-14-6-8/h3-7H,1-2H3. The molecule has 0 atom stereocenters. The van der Waals surface area contributed by atoms with Gasteiger partial charge in [-0.15, -0.1) is 5.11 Å². The highest BCUT2D eigenvalue weighted by Gasteiger charge is 2.31. The van der Waals surface area contributed by atoms with Crippen molar-refractivity contribution in [1.82, 2.24) is 4.98 Å². The number of rotatable bonds is 2. The number of amidine groups is 2. The zero-order valence-electron chi connectivity index (χ0n) is 10.5. The summed E-state index contributed by atoms with van der Waals surface area (Å²) in [4.78, 5) is 24.4. The lowest BCUT2D eigenvalue weighted by molar-refractivity contribution is -0.114. The topological polar surface area (TPSA) is 79.4 Å². The zero-order valence-corrected chi connectivity index (χ0v) is 10.5. The van der Waals surface area contributed by atoms with E-state index in [1.54, 1.807) is 24.5 Å². The Morgan fingerprint density at radius 2 is 1.95 bits per heavy atom. The number of amides is 1. The number of carbonyl (C=O) groups is 1. The van der Waals surface area contributed by atoms with Gasteiger partial charge in [0.1, 0.15) is 5.57 Å². The second-order valence-corrected chi connectivity index (χ2v) is 4.53. The third kappa shape index (κ3) is 1.91. The van der Waals surface area contributed by atoms with Crippen LogP contribution in [-0.4, -0.2) is 22.6 Å². The van der Waals surface area contributed by atoms with Crippen LogP contribution < -0.4 is 0 Å². The fraction of sp³-hybridized carbons (Fsp3) is 0.231. The van der Waals surface area contributed by atoms with Gasteiger partial charge in [-0.2, -0.15) is 10.1 Å². The smallest absolute Gasteiger partial charge is 0.266 e. The average molecular weight is 253 g/mol. The number of pyridine rings is 1. The molecule has 2 aliphatic heterocycles. The van der Waals surface area contributed by atoms with Crippen molar-refractivity contribution in [2.75, 3.05) is 0 Å². The van der Waals surface area contributed by atoms with Gasteiger partial charge in [0.05, 0.1) is 5.70 Å². The number of carbonyl (C=O) groups excluding carboxylic acids is 1. The summed E-state index contributed by atoms with van der Waals surface area (Å²) in [6, 6.07) is 3.57. The molecule has 1 amide bonds. The molecule has 2 aliphatic rings. The first-order valence-corrected chi connectivity index (χ1v) is 5.95. The van der Waals surface area contributed by atoms with Crippen LogP contribution in [0, 0.1) is 5.92 Å². The van der Waals surface area contributed by atoms with Gasteiger partial charge in [0.2, 0.25) is 0 Å². The van der Waals surface area contributed by atoms with E-state index < -0.39 is 0 Å². The number of hydrogen-bond donors (Lipinski definition) is 0. The number of aromatic nitrogens is 1. The Hall–Kier alpha value is -2.50. The summed E-state index contributed by atoms with van der Waals surface area (Å²) < 4.78 is 0. The van der Waals surface area contributed by atoms with Gasteiger partial charge in [0, 0.05) is 18.0 Å². The van der Waals surface area contributed by atoms with Crippen molar-refractivity contribution in [3.8, 4) is 0 Å². The molecule has 6 heteroatoms. The zero-order chi connectivity index (χ0) is 13.4. The fourth-order valence-electron chi connectivity index (χ4n) is 1.90. The number of nitrogens with zero attached hydrogens (tertiary/aromatic N) is 5. The van der Waals surface area contributed by atoms with Crippen molar-refractivity contribution in [2.24, 2.45) is 26.1 Å². The van der Waals surface area contributed by atoms with E-state index >= 15 is 0 Å². The van der Waals surface area contributed by atoms with Crippen LogP contribution in [0.15, 0.2) is 56.0 Å². The molecule has 6 nitrogen and oxygen atoms in total. The quantitative estimate of drug-likeness (QED) is 0.809. The summed E-state index contributed by atoms with van der Waals surface area (Å²) in [6.45, 7) is 3.91. The van der Waals surface area contributed by atoms with Crippen LogP contribution in [0.2, 0.25) is 0 Å². The van der Waals surface area contributed by atoms with Crippen molar-refractivity contribution in [2.45, 2.75) is 13.8 Å². The van der Waals surface area contributed by atoms with Crippen LogP contribution in [0.5, 0.6) is 0 Å². The first-order chi connectivity index (χ1) is 9.16. The molecule has 0 aromatic carbocycles. The Morgan fingerprint density at radius 1 is 1.11 bits per heavy atom. The molecule has 0 unspecified atom stereocenters. The van der Waals surface area contributed by atoms with Crippen molar-refractivity contribution in [1.29, 1.82) is 0 Å². The van der Waals surface area contributed by atoms with Crippen LogP contribution >= 0.6 is 0 Å². The third-order valence-corrected chi connectivity index (χ3v) is 2.83. The number of allylic oxidation sites excluding steroid dienone is 1. The first-order valence-electron chi connectivity index (χ1n) is 5.95. The average Bonchev–Trinajstić information content (AvgIpc) is 2.84. The maximum atomic E-state index is 12.1. The number of hydrogen-bond acceptors (Lipinski definition) is 5. The minimum Gasteiger partial charge on any atom is -0.266 e. The minimum absolute atomic E-state index is 0.116. The van der Waals surface area contributed by atoms with E-state index in [9.17, 15) is 4.79 Å².